The van der Waals surface area contributed by atoms with Gasteiger partial charge in [0.1, 0.15) is 5.82 Å². The molecular weight excluding hydrogens is 585 g/mol. The van der Waals surface area contributed by atoms with Crippen molar-refractivity contribution in [2.45, 2.75) is 24.9 Å². The second-order valence-corrected chi connectivity index (χ2v) is 11.3. The van der Waals surface area contributed by atoms with Gasteiger partial charge in [0.15, 0.2) is 5.69 Å². The van der Waals surface area contributed by atoms with Crippen LogP contribution in [0.25, 0.3) is 11.0 Å². The van der Waals surface area contributed by atoms with Crippen LogP contribution < -0.4 is 20.0 Å². The fourth-order valence-electron chi connectivity index (χ4n) is 5.99. The number of nitrogens with zero attached hydrogens (tertiary/aromatic N) is 6. The number of pyridine rings is 1. The van der Waals surface area contributed by atoms with Crippen molar-refractivity contribution < 1.29 is 22.4 Å². The van der Waals surface area contributed by atoms with Crippen molar-refractivity contribution in [2.75, 3.05) is 59.3 Å². The molecule has 0 spiro atoms. The third-order valence-electron chi connectivity index (χ3n) is 8.41. The minimum absolute atomic E-state index is 0.200. The lowest BCUT2D eigenvalue weighted by Gasteiger charge is -2.35. The van der Waals surface area contributed by atoms with Crippen LogP contribution in [0.2, 0.25) is 0 Å². The van der Waals surface area contributed by atoms with E-state index >= 15 is 0 Å². The van der Waals surface area contributed by atoms with Gasteiger partial charge in [-0.3, -0.25) is 4.79 Å². The molecule has 10 nitrogen and oxygen atoms in total. The Morgan fingerprint density at radius 2 is 1.56 bits per heavy atom. The number of hydrogen-bond donors (Lipinski definition) is 2. The summed E-state index contributed by atoms with van der Waals surface area (Å²) in [5.41, 5.74) is 2.01. The summed E-state index contributed by atoms with van der Waals surface area (Å²) in [6.07, 6.45) is -1.95. The maximum absolute atomic E-state index is 13.9. The number of aromatic nitrogens is 4. The Balaban J connectivity index is 0.984. The first kappa shape index (κ1) is 28.7. The Bertz CT molecular complexity index is 1740. The van der Waals surface area contributed by atoms with E-state index in [4.69, 9.17) is 4.42 Å². The number of imidazole rings is 1. The average Bonchev–Trinajstić information content (AvgIpc) is 3.72. The molecule has 2 saturated heterocycles. The number of carbonyl (C=O) groups is 1. The number of anilines is 4. The van der Waals surface area contributed by atoms with E-state index in [0.29, 0.717) is 37.9 Å². The SMILES string of the molecule is O=C(Nc1ccc(N2CCN(c3nc4ccccc4[nH]3)CC2)nc1)c1oc(N2CCC(c3ccccc3)CC2)nc1C(F)(F)F. The molecule has 232 valence electrons. The number of halogens is 3. The predicted molar refractivity (Wildman–Crippen MR) is 165 cm³/mol. The number of alkyl halides is 3. The number of carbonyl (C=O) groups excluding carboxylic acids is 1. The number of piperidine rings is 1. The summed E-state index contributed by atoms with van der Waals surface area (Å²) in [6.45, 7) is 3.81. The van der Waals surface area contributed by atoms with Gasteiger partial charge in [-0.2, -0.15) is 18.2 Å². The van der Waals surface area contributed by atoms with E-state index in [-0.39, 0.29) is 11.7 Å². The maximum Gasteiger partial charge on any atom is 0.437 e. The van der Waals surface area contributed by atoms with Gasteiger partial charge in [-0.1, -0.05) is 42.5 Å². The average molecular weight is 617 g/mol. The molecule has 0 radical (unpaired) electrons. The van der Waals surface area contributed by atoms with Gasteiger partial charge in [-0.15, -0.1) is 0 Å². The Labute approximate surface area is 256 Å². The smallest absolute Gasteiger partial charge is 0.417 e. The van der Waals surface area contributed by atoms with Crippen molar-refractivity contribution in [2.24, 2.45) is 0 Å². The normalized spacial score (nSPS) is 16.4. The van der Waals surface area contributed by atoms with E-state index in [1.807, 2.05) is 42.5 Å². The van der Waals surface area contributed by atoms with Crippen LogP contribution in [0.3, 0.4) is 0 Å². The molecule has 0 saturated carbocycles. The molecule has 5 heterocycles. The third-order valence-corrected chi connectivity index (χ3v) is 8.41. The van der Waals surface area contributed by atoms with Gasteiger partial charge < -0.3 is 29.4 Å². The van der Waals surface area contributed by atoms with Crippen molar-refractivity contribution in [1.29, 1.82) is 0 Å². The van der Waals surface area contributed by atoms with Crippen LogP contribution >= 0.6 is 0 Å². The molecule has 2 aromatic carbocycles. The number of aromatic amines is 1. The van der Waals surface area contributed by atoms with Crippen LogP contribution in [0.15, 0.2) is 77.3 Å². The molecule has 0 unspecified atom stereocenters. The highest BCUT2D eigenvalue weighted by molar-refractivity contribution is 6.03. The quantitative estimate of drug-likeness (QED) is 0.242. The molecule has 0 bridgehead atoms. The van der Waals surface area contributed by atoms with Crippen LogP contribution in [-0.4, -0.2) is 65.1 Å². The van der Waals surface area contributed by atoms with Crippen molar-refractivity contribution in [3.05, 3.63) is 89.9 Å². The highest BCUT2D eigenvalue weighted by atomic mass is 19.4. The maximum atomic E-state index is 13.9. The Morgan fingerprint density at radius 3 is 2.24 bits per heavy atom. The summed E-state index contributed by atoms with van der Waals surface area (Å²) in [4.78, 5) is 35.2. The van der Waals surface area contributed by atoms with Gasteiger partial charge in [0.2, 0.25) is 11.7 Å². The molecule has 0 aliphatic carbocycles. The second kappa shape index (κ2) is 11.8. The Morgan fingerprint density at radius 1 is 0.844 bits per heavy atom. The summed E-state index contributed by atoms with van der Waals surface area (Å²) >= 11 is 0. The molecule has 1 amide bonds. The number of oxazole rings is 1. The van der Waals surface area contributed by atoms with Crippen LogP contribution in [0.1, 0.15) is 40.6 Å². The molecule has 7 rings (SSSR count). The number of para-hydroxylation sites is 2. The number of nitrogens with one attached hydrogen (secondary N) is 2. The molecule has 2 aliphatic rings. The van der Waals surface area contributed by atoms with E-state index < -0.39 is 23.5 Å². The number of fused-ring (bicyclic) bond motifs is 1. The fourth-order valence-corrected chi connectivity index (χ4v) is 5.99. The van der Waals surface area contributed by atoms with E-state index in [1.165, 1.54) is 11.8 Å². The van der Waals surface area contributed by atoms with Crippen molar-refractivity contribution in [1.82, 2.24) is 19.9 Å². The van der Waals surface area contributed by atoms with E-state index in [1.54, 1.807) is 17.0 Å². The molecule has 2 N–H and O–H groups in total. The molecule has 3 aromatic heterocycles. The van der Waals surface area contributed by atoms with Crippen LogP contribution in [-0.2, 0) is 6.18 Å². The summed E-state index contributed by atoms with van der Waals surface area (Å²) in [5.74, 6) is -0.0673. The van der Waals surface area contributed by atoms with Crippen LogP contribution in [0, 0.1) is 0 Å². The standard InChI is InChI=1S/C32H31F3N8O2/c33-32(34,35)28-27(45-31(40-28)43-14-12-22(13-15-43)21-6-2-1-3-7-21)29(44)37-23-10-11-26(36-20-23)41-16-18-42(19-17-41)30-38-24-8-4-5-9-25(24)39-30/h1-11,20,22H,12-19H2,(H,37,44)(H,38,39). The molecule has 45 heavy (non-hydrogen) atoms. The van der Waals surface area contributed by atoms with E-state index in [2.05, 4.69) is 47.2 Å². The molecule has 2 aliphatic heterocycles. The minimum Gasteiger partial charge on any atom is -0.417 e. The van der Waals surface area contributed by atoms with Crippen molar-refractivity contribution in [3.8, 4) is 0 Å². The molecule has 0 atom stereocenters. The van der Waals surface area contributed by atoms with Gasteiger partial charge in [0.05, 0.1) is 22.9 Å². The summed E-state index contributed by atoms with van der Waals surface area (Å²) in [7, 11) is 0. The Hall–Kier alpha value is -5.07. The van der Waals surface area contributed by atoms with Crippen LogP contribution in [0.5, 0.6) is 0 Å². The lowest BCUT2D eigenvalue weighted by molar-refractivity contribution is -0.141. The van der Waals surface area contributed by atoms with Gasteiger partial charge in [0, 0.05) is 39.3 Å². The van der Waals surface area contributed by atoms with E-state index in [0.717, 1.165) is 42.9 Å². The predicted octanol–water partition coefficient (Wildman–Crippen LogP) is 5.93. The van der Waals surface area contributed by atoms with E-state index in [9.17, 15) is 18.0 Å². The second-order valence-electron chi connectivity index (χ2n) is 11.3. The number of amides is 1. The van der Waals surface area contributed by atoms with Crippen molar-refractivity contribution in [3.63, 3.8) is 0 Å². The number of rotatable bonds is 6. The number of piperazine rings is 1. The first-order valence-corrected chi connectivity index (χ1v) is 14.9. The Kier molecular flexibility index (Phi) is 7.51. The van der Waals surface area contributed by atoms with Gasteiger partial charge in [-0.05, 0) is 48.6 Å². The van der Waals surface area contributed by atoms with Crippen LogP contribution in [0.4, 0.5) is 36.6 Å². The molecule has 5 aromatic rings. The number of benzene rings is 2. The minimum atomic E-state index is -4.86. The monoisotopic (exact) mass is 616 g/mol. The molecule has 2 fully saturated rings. The lowest BCUT2D eigenvalue weighted by atomic mass is 9.90. The molecular formula is C32H31F3N8O2. The first-order chi connectivity index (χ1) is 21.8. The number of hydrogen-bond acceptors (Lipinski definition) is 8. The summed E-state index contributed by atoms with van der Waals surface area (Å²) in [5, 5.41) is 2.49. The highest BCUT2D eigenvalue weighted by Gasteiger charge is 2.42. The highest BCUT2D eigenvalue weighted by Crippen LogP contribution is 2.36. The zero-order valence-electron chi connectivity index (χ0n) is 24.3. The zero-order valence-corrected chi connectivity index (χ0v) is 24.3. The largest absolute Gasteiger partial charge is 0.437 e. The topological polar surface area (TPSA) is 106 Å². The summed E-state index contributed by atoms with van der Waals surface area (Å²) < 4.78 is 47.2. The first-order valence-electron chi connectivity index (χ1n) is 14.9. The fraction of sp³-hybridized carbons (Fsp3) is 0.312. The lowest BCUT2D eigenvalue weighted by Crippen LogP contribution is -2.47. The number of H-pyrrole nitrogens is 1. The molecule has 13 heteroatoms. The third kappa shape index (κ3) is 6.02. The van der Waals surface area contributed by atoms with Crippen molar-refractivity contribution >= 4 is 40.4 Å². The zero-order chi connectivity index (χ0) is 31.0. The van der Waals surface area contributed by atoms with Gasteiger partial charge in [0.25, 0.3) is 11.9 Å². The van der Waals surface area contributed by atoms with Gasteiger partial charge >= 0.3 is 6.18 Å². The summed E-state index contributed by atoms with van der Waals surface area (Å²) in [6, 6.07) is 21.1. The van der Waals surface area contributed by atoms with Gasteiger partial charge in [-0.25, -0.2) is 9.97 Å².